The number of nitrogens with one attached hydrogen (secondary N) is 1. The molecule has 1 aliphatic rings. The van der Waals surface area contributed by atoms with Crippen LogP contribution < -0.4 is 5.32 Å². The van der Waals surface area contributed by atoms with Crippen LogP contribution in [0.25, 0.3) is 0 Å². The van der Waals surface area contributed by atoms with E-state index in [1.54, 1.807) is 4.90 Å². The number of carbonyl (C=O) groups excluding carboxylic acids is 2. The molecule has 1 heterocycles. The fourth-order valence-corrected chi connectivity index (χ4v) is 2.55. The van der Waals surface area contributed by atoms with E-state index in [2.05, 4.69) is 23.9 Å². The van der Waals surface area contributed by atoms with Crippen LogP contribution in [0.5, 0.6) is 0 Å². The monoisotopic (exact) mass is 320 g/mol. The predicted molar refractivity (Wildman–Crippen MR) is 85.6 cm³/mol. The molecular weight excluding hydrogens is 292 g/mol. The van der Waals surface area contributed by atoms with Gasteiger partial charge in [0.05, 0.1) is 13.5 Å². The maximum atomic E-state index is 12.3. The Kier molecular flexibility index (Phi) is 10.4. The molecule has 0 aromatic rings. The maximum Gasteiger partial charge on any atom is 0.307 e. The Morgan fingerprint density at radius 1 is 1.33 bits per heavy atom. The number of hydrogen-bond donors (Lipinski definition) is 1. The Morgan fingerprint density at radius 3 is 2.57 bits per heavy atom. The number of ether oxygens (including phenoxy) is 1. The number of esters is 1. The zero-order chi connectivity index (χ0) is 15.0. The van der Waals surface area contributed by atoms with Crippen molar-refractivity contribution in [3.05, 3.63) is 0 Å². The van der Waals surface area contributed by atoms with Gasteiger partial charge in [0.2, 0.25) is 5.91 Å². The molecule has 0 saturated carbocycles. The molecule has 0 radical (unpaired) electrons. The van der Waals surface area contributed by atoms with Crippen LogP contribution in [0, 0.1) is 5.92 Å². The fraction of sp³-hybridized carbons (Fsp3) is 0.867. The average Bonchev–Trinajstić information content (AvgIpc) is 2.93. The van der Waals surface area contributed by atoms with E-state index < -0.39 is 0 Å². The van der Waals surface area contributed by atoms with E-state index in [0.29, 0.717) is 31.5 Å². The van der Waals surface area contributed by atoms with E-state index >= 15 is 0 Å². The summed E-state index contributed by atoms with van der Waals surface area (Å²) in [6.45, 7) is 6.39. The quantitative estimate of drug-likeness (QED) is 0.695. The molecule has 21 heavy (non-hydrogen) atoms. The number of nitrogens with zero attached hydrogens (tertiary/aromatic N) is 1. The van der Waals surface area contributed by atoms with Crippen molar-refractivity contribution in [1.82, 2.24) is 10.2 Å². The highest BCUT2D eigenvalue weighted by Gasteiger charge is 2.20. The highest BCUT2D eigenvalue weighted by molar-refractivity contribution is 5.85. The topological polar surface area (TPSA) is 58.6 Å². The van der Waals surface area contributed by atoms with Crippen molar-refractivity contribution in [2.45, 2.75) is 52.0 Å². The highest BCUT2D eigenvalue weighted by Crippen LogP contribution is 2.12. The normalized spacial score (nSPS) is 17.4. The lowest BCUT2D eigenvalue weighted by molar-refractivity contribution is -0.142. The van der Waals surface area contributed by atoms with E-state index in [0.717, 1.165) is 13.0 Å². The second-order valence-corrected chi connectivity index (χ2v) is 5.89. The van der Waals surface area contributed by atoms with Crippen molar-refractivity contribution >= 4 is 24.3 Å². The van der Waals surface area contributed by atoms with Crippen molar-refractivity contribution in [1.29, 1.82) is 0 Å². The SMILES string of the molecule is COC(=O)CCN(CC(C)C)C(=O)CCC1CCCN1.Cl. The second kappa shape index (κ2) is 10.9. The first kappa shape index (κ1) is 20.2. The summed E-state index contributed by atoms with van der Waals surface area (Å²) >= 11 is 0. The third-order valence-corrected chi connectivity index (χ3v) is 3.62. The standard InChI is InChI=1S/C15H28N2O3.ClH/c1-12(2)11-17(10-8-15(19)20-3)14(18)7-6-13-5-4-9-16-13;/h12-13,16H,4-11H2,1-3H3;1H. The molecule has 5 nitrogen and oxygen atoms in total. The summed E-state index contributed by atoms with van der Waals surface area (Å²) in [5.41, 5.74) is 0. The fourth-order valence-electron chi connectivity index (χ4n) is 2.55. The Morgan fingerprint density at radius 2 is 2.05 bits per heavy atom. The van der Waals surface area contributed by atoms with E-state index in [1.165, 1.54) is 20.0 Å². The molecule has 1 saturated heterocycles. The minimum Gasteiger partial charge on any atom is -0.469 e. The van der Waals surface area contributed by atoms with Gasteiger partial charge in [0.15, 0.2) is 0 Å². The van der Waals surface area contributed by atoms with Crippen LogP contribution in [-0.4, -0.2) is 49.6 Å². The first-order valence-electron chi connectivity index (χ1n) is 7.61. The molecule has 1 aliphatic heterocycles. The Labute approximate surface area is 134 Å². The van der Waals surface area contributed by atoms with Gasteiger partial charge >= 0.3 is 5.97 Å². The molecule has 0 aromatic heterocycles. The van der Waals surface area contributed by atoms with Crippen molar-refractivity contribution in [3.8, 4) is 0 Å². The van der Waals surface area contributed by atoms with Crippen LogP contribution in [0.2, 0.25) is 0 Å². The minimum atomic E-state index is -0.260. The molecule has 1 rings (SSSR count). The van der Waals surface area contributed by atoms with E-state index in [1.807, 2.05) is 0 Å². The number of carbonyl (C=O) groups is 2. The largest absolute Gasteiger partial charge is 0.469 e. The third kappa shape index (κ3) is 8.27. The zero-order valence-electron chi connectivity index (χ0n) is 13.4. The molecule has 1 fully saturated rings. The molecule has 124 valence electrons. The summed E-state index contributed by atoms with van der Waals surface area (Å²) in [5, 5.41) is 3.41. The molecule has 1 N–H and O–H groups in total. The minimum absolute atomic E-state index is 0. The van der Waals surface area contributed by atoms with Crippen LogP contribution in [0.4, 0.5) is 0 Å². The summed E-state index contributed by atoms with van der Waals surface area (Å²) < 4.78 is 4.64. The van der Waals surface area contributed by atoms with Gasteiger partial charge in [-0.15, -0.1) is 12.4 Å². The maximum absolute atomic E-state index is 12.3. The molecule has 0 aliphatic carbocycles. The zero-order valence-corrected chi connectivity index (χ0v) is 14.2. The van der Waals surface area contributed by atoms with E-state index in [-0.39, 0.29) is 30.7 Å². The molecule has 0 bridgehead atoms. The molecule has 1 amide bonds. The molecular formula is C15H29ClN2O3. The van der Waals surface area contributed by atoms with Gasteiger partial charge in [-0.25, -0.2) is 0 Å². The number of methoxy groups -OCH3 is 1. The van der Waals surface area contributed by atoms with Crippen LogP contribution in [-0.2, 0) is 14.3 Å². The highest BCUT2D eigenvalue weighted by atomic mass is 35.5. The summed E-state index contributed by atoms with van der Waals surface area (Å²) in [6.07, 6.45) is 4.10. The van der Waals surface area contributed by atoms with Gasteiger partial charge < -0.3 is 15.0 Å². The lowest BCUT2D eigenvalue weighted by atomic mass is 10.1. The number of rotatable bonds is 8. The molecule has 0 aromatic carbocycles. The number of halogens is 1. The van der Waals surface area contributed by atoms with Crippen molar-refractivity contribution in [2.75, 3.05) is 26.7 Å². The Hall–Kier alpha value is -0.810. The first-order chi connectivity index (χ1) is 9.52. The van der Waals surface area contributed by atoms with Crippen molar-refractivity contribution < 1.29 is 14.3 Å². The van der Waals surface area contributed by atoms with Gasteiger partial charge in [-0.05, 0) is 31.7 Å². The van der Waals surface area contributed by atoms with Gasteiger partial charge in [0, 0.05) is 25.6 Å². The second-order valence-electron chi connectivity index (χ2n) is 5.89. The van der Waals surface area contributed by atoms with Gasteiger partial charge in [-0.1, -0.05) is 13.8 Å². The smallest absolute Gasteiger partial charge is 0.307 e. The van der Waals surface area contributed by atoms with Gasteiger partial charge in [0.1, 0.15) is 0 Å². The summed E-state index contributed by atoms with van der Waals surface area (Å²) in [4.78, 5) is 25.3. The number of amides is 1. The lowest BCUT2D eigenvalue weighted by Gasteiger charge is -2.25. The molecule has 1 unspecified atom stereocenters. The van der Waals surface area contributed by atoms with Crippen LogP contribution in [0.1, 0.15) is 46.0 Å². The molecule has 1 atom stereocenters. The lowest BCUT2D eigenvalue weighted by Crippen LogP contribution is -2.36. The predicted octanol–water partition coefficient (Wildman–Crippen LogP) is 1.99. The van der Waals surface area contributed by atoms with Gasteiger partial charge in [-0.2, -0.15) is 0 Å². The van der Waals surface area contributed by atoms with Crippen molar-refractivity contribution in [3.63, 3.8) is 0 Å². The average molecular weight is 321 g/mol. The van der Waals surface area contributed by atoms with Gasteiger partial charge in [0.25, 0.3) is 0 Å². The Balaban J connectivity index is 0.00000400. The number of hydrogen-bond acceptors (Lipinski definition) is 4. The van der Waals surface area contributed by atoms with E-state index in [4.69, 9.17) is 0 Å². The Bertz CT molecular complexity index is 318. The van der Waals surface area contributed by atoms with Crippen LogP contribution in [0.15, 0.2) is 0 Å². The van der Waals surface area contributed by atoms with E-state index in [9.17, 15) is 9.59 Å². The van der Waals surface area contributed by atoms with Crippen LogP contribution in [0.3, 0.4) is 0 Å². The molecule has 6 heteroatoms. The van der Waals surface area contributed by atoms with Crippen LogP contribution >= 0.6 is 12.4 Å². The first-order valence-corrected chi connectivity index (χ1v) is 7.61. The summed E-state index contributed by atoms with van der Waals surface area (Å²) in [7, 11) is 1.38. The summed E-state index contributed by atoms with van der Waals surface area (Å²) in [6, 6.07) is 0.487. The molecule has 0 spiro atoms. The summed E-state index contributed by atoms with van der Waals surface area (Å²) in [5.74, 6) is 0.293. The van der Waals surface area contributed by atoms with Crippen molar-refractivity contribution in [2.24, 2.45) is 5.92 Å². The third-order valence-electron chi connectivity index (χ3n) is 3.62. The van der Waals surface area contributed by atoms with Gasteiger partial charge in [-0.3, -0.25) is 9.59 Å².